The van der Waals surface area contributed by atoms with E-state index in [0.717, 1.165) is 67.6 Å². The molecule has 2 aliphatic rings. The van der Waals surface area contributed by atoms with E-state index in [-0.39, 0.29) is 17.7 Å². The second-order valence-electron chi connectivity index (χ2n) is 10.2. The smallest absolute Gasteiger partial charge is 0.230 e. The zero-order valence-electron chi connectivity index (χ0n) is 22.1. The lowest BCUT2D eigenvalue weighted by Crippen LogP contribution is -2.41. The third-order valence-electron chi connectivity index (χ3n) is 7.41. The van der Waals surface area contributed by atoms with Gasteiger partial charge >= 0.3 is 0 Å². The van der Waals surface area contributed by atoms with Crippen LogP contribution in [0.3, 0.4) is 0 Å². The molecule has 0 bridgehead atoms. The third kappa shape index (κ3) is 6.48. The topological polar surface area (TPSA) is 90.6 Å². The number of nitrogens with zero attached hydrogens (tertiary/aromatic N) is 4. The van der Waals surface area contributed by atoms with E-state index in [1.165, 1.54) is 0 Å². The fraction of sp³-hybridized carbons (Fsp3) is 0.467. The van der Waals surface area contributed by atoms with Gasteiger partial charge in [0.15, 0.2) is 5.82 Å². The van der Waals surface area contributed by atoms with E-state index in [0.29, 0.717) is 37.4 Å². The van der Waals surface area contributed by atoms with Gasteiger partial charge < -0.3 is 18.9 Å². The Hall–Kier alpha value is -3.52. The van der Waals surface area contributed by atoms with Crippen LogP contribution in [-0.2, 0) is 16.0 Å². The van der Waals surface area contributed by atoms with Crippen molar-refractivity contribution in [3.05, 3.63) is 67.0 Å². The lowest BCUT2D eigenvalue weighted by Gasteiger charge is -2.32. The molecular weight excluding hydrogens is 480 g/mol. The van der Waals surface area contributed by atoms with Gasteiger partial charge in [0, 0.05) is 56.0 Å². The first-order valence-corrected chi connectivity index (χ1v) is 13.6. The number of ether oxygens (including phenoxy) is 2. The van der Waals surface area contributed by atoms with Crippen molar-refractivity contribution in [2.75, 3.05) is 31.8 Å². The normalized spacial score (nSPS) is 16.7. The maximum atomic E-state index is 13.8. The summed E-state index contributed by atoms with van der Waals surface area (Å²) in [6, 6.07) is 12.0. The molecule has 1 aliphatic heterocycles. The van der Waals surface area contributed by atoms with Crippen LogP contribution in [0.5, 0.6) is 5.88 Å². The molecule has 0 spiro atoms. The summed E-state index contributed by atoms with van der Waals surface area (Å²) in [5.41, 5.74) is 2.88. The molecule has 200 valence electrons. The van der Waals surface area contributed by atoms with Gasteiger partial charge in [0.25, 0.3) is 0 Å². The van der Waals surface area contributed by atoms with E-state index >= 15 is 0 Å². The Labute approximate surface area is 224 Å². The highest BCUT2D eigenvalue weighted by molar-refractivity contribution is 5.95. The number of hydrogen-bond acceptors (Lipinski definition) is 7. The van der Waals surface area contributed by atoms with E-state index < -0.39 is 0 Å². The van der Waals surface area contributed by atoms with Crippen molar-refractivity contribution < 1.29 is 18.8 Å². The van der Waals surface area contributed by atoms with Gasteiger partial charge in [0.05, 0.1) is 7.11 Å². The maximum Gasteiger partial charge on any atom is 0.230 e. The largest absolute Gasteiger partial charge is 0.481 e. The van der Waals surface area contributed by atoms with Crippen molar-refractivity contribution in [1.82, 2.24) is 15.1 Å². The zero-order valence-corrected chi connectivity index (χ0v) is 22.1. The van der Waals surface area contributed by atoms with Crippen molar-refractivity contribution in [3.8, 4) is 17.0 Å². The van der Waals surface area contributed by atoms with Crippen molar-refractivity contribution in [2.24, 2.45) is 11.8 Å². The number of benzene rings is 1. The van der Waals surface area contributed by atoms with Crippen LogP contribution in [-0.4, -0.2) is 47.9 Å². The van der Waals surface area contributed by atoms with Crippen LogP contribution in [0.25, 0.3) is 11.1 Å². The van der Waals surface area contributed by atoms with E-state index in [2.05, 4.69) is 27.8 Å². The van der Waals surface area contributed by atoms with Crippen LogP contribution in [0.2, 0.25) is 0 Å². The monoisotopic (exact) mass is 516 g/mol. The van der Waals surface area contributed by atoms with Crippen LogP contribution in [0.15, 0.2) is 59.8 Å². The number of carbonyl (C=O) groups is 1. The van der Waals surface area contributed by atoms with E-state index in [1.54, 1.807) is 13.3 Å². The first-order chi connectivity index (χ1) is 18.6. The molecule has 1 saturated heterocycles. The lowest BCUT2D eigenvalue weighted by atomic mass is 9.95. The van der Waals surface area contributed by atoms with Gasteiger partial charge in [-0.15, -0.1) is 6.58 Å². The molecule has 2 aromatic heterocycles. The summed E-state index contributed by atoms with van der Waals surface area (Å²) in [6.45, 7) is 5.91. The summed E-state index contributed by atoms with van der Waals surface area (Å²) in [6.07, 6.45) is 10.0. The molecule has 1 saturated carbocycles. The molecule has 3 aromatic rings. The summed E-state index contributed by atoms with van der Waals surface area (Å²) < 4.78 is 16.3. The molecular formula is C30H36N4O4. The van der Waals surface area contributed by atoms with Gasteiger partial charge in [-0.3, -0.25) is 4.79 Å². The van der Waals surface area contributed by atoms with Gasteiger partial charge in [0.1, 0.15) is 0 Å². The Kier molecular flexibility index (Phi) is 8.48. The molecule has 1 unspecified atom stereocenters. The fourth-order valence-electron chi connectivity index (χ4n) is 4.95. The van der Waals surface area contributed by atoms with Gasteiger partial charge in [-0.25, -0.2) is 4.98 Å². The Bertz CT molecular complexity index is 1230. The minimum absolute atomic E-state index is 0.0434. The Balaban J connectivity index is 1.32. The van der Waals surface area contributed by atoms with Crippen LogP contribution in [0.4, 0.5) is 5.69 Å². The molecule has 5 rings (SSSR count). The van der Waals surface area contributed by atoms with Gasteiger partial charge in [0.2, 0.25) is 17.7 Å². The average molecular weight is 517 g/mol. The van der Waals surface area contributed by atoms with Crippen molar-refractivity contribution in [3.63, 3.8) is 0 Å². The summed E-state index contributed by atoms with van der Waals surface area (Å²) in [5.74, 6) is 2.83. The van der Waals surface area contributed by atoms with Crippen LogP contribution in [0, 0.1) is 11.8 Å². The van der Waals surface area contributed by atoms with Crippen molar-refractivity contribution >= 4 is 11.6 Å². The van der Waals surface area contributed by atoms with Crippen molar-refractivity contribution in [2.45, 2.75) is 50.9 Å². The van der Waals surface area contributed by atoms with E-state index in [1.807, 2.05) is 41.3 Å². The maximum absolute atomic E-state index is 13.8. The second kappa shape index (κ2) is 12.3. The first-order valence-electron chi connectivity index (χ1n) is 13.6. The highest BCUT2D eigenvalue weighted by atomic mass is 16.5. The molecule has 1 amide bonds. The van der Waals surface area contributed by atoms with Crippen LogP contribution >= 0.6 is 0 Å². The summed E-state index contributed by atoms with van der Waals surface area (Å²) in [5, 5.41) is 4.12. The molecule has 2 fully saturated rings. The van der Waals surface area contributed by atoms with Crippen LogP contribution in [0.1, 0.15) is 56.2 Å². The first kappa shape index (κ1) is 26.1. The molecule has 8 nitrogen and oxygen atoms in total. The number of carbonyl (C=O) groups excluding carboxylic acids is 1. The third-order valence-corrected chi connectivity index (χ3v) is 7.41. The molecule has 0 N–H and O–H groups in total. The number of hydrogen-bond donors (Lipinski definition) is 0. The highest BCUT2D eigenvalue weighted by Crippen LogP contribution is 2.38. The summed E-state index contributed by atoms with van der Waals surface area (Å²) in [4.78, 5) is 24.6. The number of anilines is 1. The van der Waals surface area contributed by atoms with E-state index in [4.69, 9.17) is 14.0 Å². The Morgan fingerprint density at radius 3 is 2.76 bits per heavy atom. The average Bonchev–Trinajstić information content (AvgIpc) is 3.72. The van der Waals surface area contributed by atoms with Gasteiger partial charge in [-0.1, -0.05) is 23.4 Å². The van der Waals surface area contributed by atoms with Gasteiger partial charge in [-0.05, 0) is 73.8 Å². The lowest BCUT2D eigenvalue weighted by molar-refractivity contribution is -0.125. The number of amides is 1. The molecule has 38 heavy (non-hydrogen) atoms. The molecule has 8 heteroatoms. The predicted molar refractivity (Wildman–Crippen MR) is 145 cm³/mol. The fourth-order valence-corrected chi connectivity index (χ4v) is 4.95. The number of rotatable bonds is 12. The summed E-state index contributed by atoms with van der Waals surface area (Å²) in [7, 11) is 1.61. The standard InChI is InChI=1S/C30H36N4O4/c1-3-21(6-4-9-27-32-29(33-38-27)22-10-11-22)20-34(30(35)23-13-16-37-17-14-23)26-8-5-7-24(18-26)25-12-15-31-28(19-25)36-2/h3,5,7-8,12,15,18-19,21-23H,1,4,6,9-11,13-14,16-17,20H2,2H3. The molecule has 0 radical (unpaired) electrons. The number of aryl methyl sites for hydroxylation is 1. The number of pyridine rings is 1. The molecule has 3 heterocycles. The number of aromatic nitrogens is 3. The zero-order chi connectivity index (χ0) is 26.3. The summed E-state index contributed by atoms with van der Waals surface area (Å²) >= 11 is 0. The Morgan fingerprint density at radius 2 is 2.00 bits per heavy atom. The van der Waals surface area contributed by atoms with Crippen molar-refractivity contribution in [1.29, 1.82) is 0 Å². The SMILES string of the molecule is C=CC(CCCc1nc(C2CC2)no1)CN(C(=O)C1CCOCC1)c1cccc(-c2ccnc(OC)c2)c1. The minimum Gasteiger partial charge on any atom is -0.481 e. The minimum atomic E-state index is -0.0434. The quantitative estimate of drug-likeness (QED) is 0.289. The predicted octanol–water partition coefficient (Wildman–Crippen LogP) is 5.60. The highest BCUT2D eigenvalue weighted by Gasteiger charge is 2.30. The molecule has 1 aliphatic carbocycles. The molecule has 1 atom stereocenters. The molecule has 1 aromatic carbocycles. The second-order valence-corrected chi connectivity index (χ2v) is 10.2. The number of methoxy groups -OCH3 is 1. The van der Waals surface area contributed by atoms with Crippen LogP contribution < -0.4 is 9.64 Å². The Morgan fingerprint density at radius 1 is 1.18 bits per heavy atom. The van der Waals surface area contributed by atoms with Gasteiger partial charge in [-0.2, -0.15) is 4.98 Å². The van der Waals surface area contributed by atoms with E-state index in [9.17, 15) is 4.79 Å².